The predicted molar refractivity (Wildman–Crippen MR) is 53.7 cm³/mol. The van der Waals surface area contributed by atoms with Crippen LogP contribution in [-0.2, 0) is 10.1 Å². The fourth-order valence-electron chi connectivity index (χ4n) is 1.02. The third-order valence-electron chi connectivity index (χ3n) is 1.96. The smallest absolute Gasteiger partial charge is 0.747 e. The molecule has 0 saturated heterocycles. The van der Waals surface area contributed by atoms with Crippen molar-refractivity contribution in [2.75, 3.05) is 19.0 Å². The van der Waals surface area contributed by atoms with Crippen LogP contribution >= 0.6 is 0 Å². The molecule has 0 rings (SSSR count). The molecule has 0 radical (unpaired) electrons. The van der Waals surface area contributed by atoms with Crippen LogP contribution in [0, 0.1) is 0 Å². The largest absolute Gasteiger partial charge is 1.00 e. The molecular formula is C7H16NNaO8S. The minimum atomic E-state index is -4.49. The summed E-state index contributed by atoms with van der Waals surface area (Å²) in [6.07, 6.45) is -6.82. The van der Waals surface area contributed by atoms with Gasteiger partial charge < -0.3 is 35.4 Å². The second-order valence-corrected chi connectivity index (χ2v) is 4.86. The summed E-state index contributed by atoms with van der Waals surface area (Å²) in [5, 5.41) is 47.2. The van der Waals surface area contributed by atoms with Crippen LogP contribution in [0.3, 0.4) is 0 Å². The average Bonchev–Trinajstić information content (AvgIpc) is 2.24. The topological polar surface area (TPSA) is 170 Å². The minimum Gasteiger partial charge on any atom is -0.747 e. The van der Waals surface area contributed by atoms with Gasteiger partial charge in [-0.2, -0.15) is 0 Å². The van der Waals surface area contributed by atoms with Crippen molar-refractivity contribution in [1.29, 1.82) is 0 Å². The van der Waals surface area contributed by atoms with Crippen molar-refractivity contribution >= 4 is 10.1 Å². The Morgan fingerprint density at radius 2 is 1.50 bits per heavy atom. The number of aliphatic hydroxyl groups excluding tert-OH is 5. The van der Waals surface area contributed by atoms with Crippen LogP contribution < -0.4 is 34.9 Å². The van der Waals surface area contributed by atoms with Crippen molar-refractivity contribution in [3.63, 3.8) is 0 Å². The van der Waals surface area contributed by atoms with Gasteiger partial charge in [0.15, 0.2) is 0 Å². The zero-order chi connectivity index (χ0) is 13.6. The van der Waals surface area contributed by atoms with E-state index in [9.17, 15) is 28.3 Å². The van der Waals surface area contributed by atoms with Crippen molar-refractivity contribution in [3.05, 3.63) is 0 Å². The van der Waals surface area contributed by atoms with E-state index in [-0.39, 0.29) is 29.6 Å². The molecule has 0 fully saturated rings. The Kier molecular flexibility index (Phi) is 11.1. The Labute approximate surface area is 126 Å². The van der Waals surface area contributed by atoms with E-state index >= 15 is 0 Å². The van der Waals surface area contributed by atoms with Gasteiger partial charge in [0.1, 0.15) is 28.4 Å². The third-order valence-corrected chi connectivity index (χ3v) is 2.52. The Morgan fingerprint density at radius 3 is 1.89 bits per heavy atom. The molecule has 9 nitrogen and oxygen atoms in total. The van der Waals surface area contributed by atoms with Gasteiger partial charge in [0, 0.05) is 6.54 Å². The Balaban J connectivity index is 0. The summed E-state index contributed by atoms with van der Waals surface area (Å²) in [5.74, 6) is -0.935. The Hall–Kier alpha value is 0.670. The third kappa shape index (κ3) is 8.72. The number of hydrogen-bond acceptors (Lipinski definition) is 9. The fraction of sp³-hybridized carbons (Fsp3) is 1.00. The van der Waals surface area contributed by atoms with Crippen LogP contribution in [0.1, 0.15) is 0 Å². The molecule has 11 heteroatoms. The van der Waals surface area contributed by atoms with E-state index in [2.05, 4.69) is 5.32 Å². The van der Waals surface area contributed by atoms with Crippen molar-refractivity contribution in [3.8, 4) is 0 Å². The molecule has 4 atom stereocenters. The standard InChI is InChI=1S/C7H17NO8S.Na/c9-2-5(11)7(13)6(12)4(10)1-8-3-17(14,15)16;/h4-13H,1-3H2,(H,14,15,16);/q;+1/p-1/t4-,5+,6+,7+;/m0./s1. The van der Waals surface area contributed by atoms with Gasteiger partial charge in [-0.05, 0) is 0 Å². The van der Waals surface area contributed by atoms with Gasteiger partial charge in [0.25, 0.3) is 0 Å². The van der Waals surface area contributed by atoms with Gasteiger partial charge in [0.2, 0.25) is 0 Å². The Morgan fingerprint density at radius 1 is 1.06 bits per heavy atom. The maximum atomic E-state index is 10.2. The predicted octanol–water partition coefficient (Wildman–Crippen LogP) is -7.48. The number of hydrogen-bond donors (Lipinski definition) is 6. The van der Waals surface area contributed by atoms with Crippen LogP contribution in [0.2, 0.25) is 0 Å². The van der Waals surface area contributed by atoms with E-state index in [1.807, 2.05) is 0 Å². The molecule has 0 aromatic rings. The first-order valence-electron chi connectivity index (χ1n) is 4.66. The van der Waals surface area contributed by atoms with Crippen molar-refractivity contribution in [2.24, 2.45) is 0 Å². The maximum absolute atomic E-state index is 10.2. The van der Waals surface area contributed by atoms with E-state index < -0.39 is 53.6 Å². The normalized spacial score (nSPS) is 18.6. The number of aliphatic hydroxyl groups is 5. The monoisotopic (exact) mass is 297 g/mol. The molecule has 104 valence electrons. The van der Waals surface area contributed by atoms with E-state index in [4.69, 9.17) is 10.2 Å². The molecule has 0 unspecified atom stereocenters. The minimum absolute atomic E-state index is 0. The van der Waals surface area contributed by atoms with Crippen LogP contribution in [0.25, 0.3) is 0 Å². The summed E-state index contributed by atoms with van der Waals surface area (Å²) in [6, 6.07) is 0. The van der Waals surface area contributed by atoms with E-state index in [0.717, 1.165) is 0 Å². The first-order chi connectivity index (χ1) is 7.69. The average molecular weight is 297 g/mol. The second kappa shape index (κ2) is 9.55. The van der Waals surface area contributed by atoms with Crippen molar-refractivity contribution in [1.82, 2.24) is 5.32 Å². The molecule has 0 aliphatic heterocycles. The number of rotatable bonds is 8. The molecule has 0 aromatic carbocycles. The van der Waals surface area contributed by atoms with E-state index in [1.54, 1.807) is 0 Å². The van der Waals surface area contributed by atoms with E-state index in [0.29, 0.717) is 0 Å². The molecule has 0 spiro atoms. The molecule has 0 amide bonds. The quantitative estimate of drug-likeness (QED) is 0.188. The molecule has 0 aliphatic rings. The van der Waals surface area contributed by atoms with Crippen molar-refractivity contribution in [2.45, 2.75) is 24.4 Å². The van der Waals surface area contributed by atoms with Gasteiger partial charge in [-0.1, -0.05) is 0 Å². The summed E-state index contributed by atoms with van der Waals surface area (Å²) in [6.45, 7) is -1.29. The van der Waals surface area contributed by atoms with Crippen LogP contribution in [-0.4, -0.2) is 81.9 Å². The van der Waals surface area contributed by atoms with Gasteiger partial charge in [0.05, 0.1) is 18.6 Å². The van der Waals surface area contributed by atoms with Crippen LogP contribution in [0.5, 0.6) is 0 Å². The summed E-state index contributed by atoms with van der Waals surface area (Å²) in [4.78, 5) is 0. The molecule has 0 aromatic heterocycles. The summed E-state index contributed by atoms with van der Waals surface area (Å²) < 4.78 is 30.6. The molecule has 0 heterocycles. The summed E-state index contributed by atoms with van der Waals surface area (Å²) in [7, 11) is -4.49. The molecule has 6 N–H and O–H groups in total. The van der Waals surface area contributed by atoms with Gasteiger partial charge in [-0.15, -0.1) is 0 Å². The first kappa shape index (κ1) is 21.0. The Bertz CT molecular complexity index is 313. The molecule has 0 saturated carbocycles. The molecule has 0 aliphatic carbocycles. The first-order valence-corrected chi connectivity index (χ1v) is 6.24. The number of nitrogens with one attached hydrogen (secondary N) is 1. The zero-order valence-electron chi connectivity index (χ0n) is 9.80. The fourth-order valence-corrected chi connectivity index (χ4v) is 1.38. The second-order valence-electron chi connectivity index (χ2n) is 3.45. The SMILES string of the molecule is O=S(=O)([O-])CNC[C@H](O)[C@@H](O)[C@H](O)[C@H](O)CO.[Na+]. The van der Waals surface area contributed by atoms with Gasteiger partial charge in [-0.3, -0.25) is 0 Å². The van der Waals surface area contributed by atoms with Gasteiger partial charge in [-0.25, -0.2) is 8.42 Å². The maximum Gasteiger partial charge on any atom is 1.00 e. The van der Waals surface area contributed by atoms with Crippen LogP contribution in [0.15, 0.2) is 0 Å². The van der Waals surface area contributed by atoms with Crippen LogP contribution in [0.4, 0.5) is 0 Å². The molecular weight excluding hydrogens is 281 g/mol. The van der Waals surface area contributed by atoms with E-state index in [1.165, 1.54) is 0 Å². The molecule has 18 heavy (non-hydrogen) atoms. The summed E-state index contributed by atoms with van der Waals surface area (Å²) in [5.41, 5.74) is 0. The summed E-state index contributed by atoms with van der Waals surface area (Å²) >= 11 is 0. The van der Waals surface area contributed by atoms with Gasteiger partial charge >= 0.3 is 29.6 Å². The molecule has 0 bridgehead atoms. The zero-order valence-corrected chi connectivity index (χ0v) is 12.6. The van der Waals surface area contributed by atoms with Crippen molar-refractivity contribution < 1.29 is 68.1 Å².